The standard InChI is InChI=1S/C14H18O2/c1-4-7-12-8-9-13(15-6-3)14(11-12)16-10-5-2/h4-5,8-9,11H,1-2,6-7,10H2,3H3. The molecule has 0 bridgehead atoms. The van der Waals surface area contributed by atoms with Crippen LogP contribution in [0.1, 0.15) is 12.5 Å². The van der Waals surface area contributed by atoms with Gasteiger partial charge in [0.05, 0.1) is 6.61 Å². The molecule has 0 unspecified atom stereocenters. The van der Waals surface area contributed by atoms with Gasteiger partial charge in [-0.05, 0) is 31.0 Å². The van der Waals surface area contributed by atoms with Gasteiger partial charge in [-0.1, -0.05) is 24.8 Å². The van der Waals surface area contributed by atoms with Gasteiger partial charge < -0.3 is 9.47 Å². The lowest BCUT2D eigenvalue weighted by Gasteiger charge is -2.11. The third-order valence-electron chi connectivity index (χ3n) is 2.04. The molecule has 0 radical (unpaired) electrons. The highest BCUT2D eigenvalue weighted by Gasteiger charge is 2.05. The van der Waals surface area contributed by atoms with Crippen molar-refractivity contribution in [1.29, 1.82) is 0 Å². The van der Waals surface area contributed by atoms with Gasteiger partial charge >= 0.3 is 0 Å². The summed E-state index contributed by atoms with van der Waals surface area (Å²) in [5.74, 6) is 1.54. The summed E-state index contributed by atoms with van der Waals surface area (Å²) in [6.45, 7) is 10.4. The van der Waals surface area contributed by atoms with E-state index in [1.165, 1.54) is 0 Å². The zero-order chi connectivity index (χ0) is 11.8. The predicted molar refractivity (Wildman–Crippen MR) is 67.2 cm³/mol. The van der Waals surface area contributed by atoms with Crippen LogP contribution in [-0.2, 0) is 6.42 Å². The first kappa shape index (κ1) is 12.4. The first-order valence-electron chi connectivity index (χ1n) is 5.42. The minimum Gasteiger partial charge on any atom is -0.490 e. The van der Waals surface area contributed by atoms with E-state index in [4.69, 9.17) is 9.47 Å². The van der Waals surface area contributed by atoms with E-state index >= 15 is 0 Å². The first-order chi connectivity index (χ1) is 7.81. The summed E-state index contributed by atoms with van der Waals surface area (Å²) in [4.78, 5) is 0. The second-order valence-corrected chi connectivity index (χ2v) is 3.31. The van der Waals surface area contributed by atoms with E-state index in [0.29, 0.717) is 13.2 Å². The van der Waals surface area contributed by atoms with Crippen LogP contribution < -0.4 is 9.47 Å². The molecule has 1 rings (SSSR count). The monoisotopic (exact) mass is 218 g/mol. The van der Waals surface area contributed by atoms with Gasteiger partial charge in [-0.3, -0.25) is 0 Å². The fraction of sp³-hybridized carbons (Fsp3) is 0.286. The van der Waals surface area contributed by atoms with Crippen LogP contribution >= 0.6 is 0 Å². The Labute approximate surface area is 97.2 Å². The van der Waals surface area contributed by atoms with E-state index in [9.17, 15) is 0 Å². The summed E-state index contributed by atoms with van der Waals surface area (Å²) >= 11 is 0. The second-order valence-electron chi connectivity index (χ2n) is 3.31. The molecule has 16 heavy (non-hydrogen) atoms. The Kier molecular flexibility index (Phi) is 5.20. The van der Waals surface area contributed by atoms with Crippen LogP contribution in [-0.4, -0.2) is 13.2 Å². The SMILES string of the molecule is C=CCOc1cc(CC=C)ccc1OCC. The van der Waals surface area contributed by atoms with E-state index in [1.807, 2.05) is 31.2 Å². The van der Waals surface area contributed by atoms with E-state index in [-0.39, 0.29) is 0 Å². The normalized spacial score (nSPS) is 9.56. The Morgan fingerprint density at radius 1 is 1.12 bits per heavy atom. The lowest BCUT2D eigenvalue weighted by Crippen LogP contribution is -1.99. The Hall–Kier alpha value is -1.70. The predicted octanol–water partition coefficient (Wildman–Crippen LogP) is 3.38. The zero-order valence-corrected chi connectivity index (χ0v) is 9.74. The van der Waals surface area contributed by atoms with Gasteiger partial charge in [0, 0.05) is 0 Å². The summed E-state index contributed by atoms with van der Waals surface area (Å²) in [7, 11) is 0. The van der Waals surface area contributed by atoms with Crippen molar-refractivity contribution in [2.45, 2.75) is 13.3 Å². The van der Waals surface area contributed by atoms with Crippen LogP contribution in [0.5, 0.6) is 11.5 Å². The third-order valence-corrected chi connectivity index (χ3v) is 2.04. The fourth-order valence-corrected chi connectivity index (χ4v) is 1.38. The lowest BCUT2D eigenvalue weighted by molar-refractivity contribution is 0.296. The minimum absolute atomic E-state index is 0.484. The summed E-state index contributed by atoms with van der Waals surface area (Å²) < 4.78 is 11.0. The van der Waals surface area contributed by atoms with E-state index < -0.39 is 0 Å². The highest BCUT2D eigenvalue weighted by Crippen LogP contribution is 2.28. The van der Waals surface area contributed by atoms with Crippen molar-refractivity contribution in [1.82, 2.24) is 0 Å². The maximum absolute atomic E-state index is 5.55. The summed E-state index contributed by atoms with van der Waals surface area (Å²) in [6, 6.07) is 5.93. The third kappa shape index (κ3) is 3.46. The molecule has 0 saturated carbocycles. The quantitative estimate of drug-likeness (QED) is 0.653. The molecule has 0 heterocycles. The van der Waals surface area contributed by atoms with Gasteiger partial charge in [-0.15, -0.1) is 6.58 Å². The smallest absolute Gasteiger partial charge is 0.161 e. The number of hydrogen-bond donors (Lipinski definition) is 0. The van der Waals surface area contributed by atoms with Crippen molar-refractivity contribution in [3.63, 3.8) is 0 Å². The molecular formula is C14H18O2. The van der Waals surface area contributed by atoms with Crippen molar-refractivity contribution >= 4 is 0 Å². The highest BCUT2D eigenvalue weighted by atomic mass is 16.5. The summed E-state index contributed by atoms with van der Waals surface area (Å²) in [6.07, 6.45) is 4.42. The van der Waals surface area contributed by atoms with Gasteiger partial charge in [0.15, 0.2) is 11.5 Å². The Morgan fingerprint density at radius 3 is 2.56 bits per heavy atom. The zero-order valence-electron chi connectivity index (χ0n) is 9.74. The number of rotatable bonds is 7. The average molecular weight is 218 g/mol. The van der Waals surface area contributed by atoms with Gasteiger partial charge in [0.2, 0.25) is 0 Å². The second kappa shape index (κ2) is 6.72. The van der Waals surface area contributed by atoms with Crippen LogP contribution in [0.2, 0.25) is 0 Å². The number of hydrogen-bond acceptors (Lipinski definition) is 2. The Balaban J connectivity index is 2.89. The molecule has 1 aromatic rings. The maximum Gasteiger partial charge on any atom is 0.161 e. The average Bonchev–Trinajstić information content (AvgIpc) is 2.30. The van der Waals surface area contributed by atoms with Crippen molar-refractivity contribution in [3.05, 3.63) is 49.1 Å². The molecule has 0 N–H and O–H groups in total. The van der Waals surface area contributed by atoms with Crippen LogP contribution in [0.4, 0.5) is 0 Å². The van der Waals surface area contributed by atoms with Gasteiger partial charge in [-0.2, -0.15) is 0 Å². The van der Waals surface area contributed by atoms with E-state index in [2.05, 4.69) is 13.2 Å². The van der Waals surface area contributed by atoms with E-state index in [1.54, 1.807) is 6.08 Å². The molecule has 0 spiro atoms. The van der Waals surface area contributed by atoms with Crippen LogP contribution in [0.25, 0.3) is 0 Å². The van der Waals surface area contributed by atoms with Gasteiger partial charge in [0.25, 0.3) is 0 Å². The molecule has 0 aromatic heterocycles. The Bertz CT molecular complexity index is 356. The molecular weight excluding hydrogens is 200 g/mol. The molecule has 0 aliphatic rings. The molecule has 86 valence electrons. The van der Waals surface area contributed by atoms with E-state index in [0.717, 1.165) is 23.5 Å². The number of benzene rings is 1. The summed E-state index contributed by atoms with van der Waals surface area (Å²) in [5, 5.41) is 0. The van der Waals surface area contributed by atoms with Crippen LogP contribution in [0.3, 0.4) is 0 Å². The van der Waals surface area contributed by atoms with Crippen molar-refractivity contribution in [2.24, 2.45) is 0 Å². The first-order valence-corrected chi connectivity index (χ1v) is 5.42. The fourth-order valence-electron chi connectivity index (χ4n) is 1.38. The van der Waals surface area contributed by atoms with Crippen molar-refractivity contribution < 1.29 is 9.47 Å². The number of allylic oxidation sites excluding steroid dienone is 1. The molecule has 0 aliphatic carbocycles. The molecule has 0 amide bonds. The van der Waals surface area contributed by atoms with Crippen molar-refractivity contribution in [3.8, 4) is 11.5 Å². The topological polar surface area (TPSA) is 18.5 Å². The Morgan fingerprint density at radius 2 is 1.94 bits per heavy atom. The minimum atomic E-state index is 0.484. The number of ether oxygens (including phenoxy) is 2. The maximum atomic E-state index is 5.55. The molecule has 2 nitrogen and oxygen atoms in total. The van der Waals surface area contributed by atoms with Crippen molar-refractivity contribution in [2.75, 3.05) is 13.2 Å². The van der Waals surface area contributed by atoms with Gasteiger partial charge in [0.1, 0.15) is 6.61 Å². The molecule has 0 fully saturated rings. The molecule has 1 aromatic carbocycles. The molecule has 2 heteroatoms. The largest absolute Gasteiger partial charge is 0.490 e. The molecule has 0 aliphatic heterocycles. The molecule has 0 atom stereocenters. The summed E-state index contributed by atoms with van der Waals surface area (Å²) in [5.41, 5.74) is 1.16. The molecule has 0 saturated heterocycles. The van der Waals surface area contributed by atoms with Crippen LogP contribution in [0, 0.1) is 0 Å². The van der Waals surface area contributed by atoms with Gasteiger partial charge in [-0.25, -0.2) is 0 Å². The van der Waals surface area contributed by atoms with Crippen LogP contribution in [0.15, 0.2) is 43.5 Å². The lowest BCUT2D eigenvalue weighted by atomic mass is 10.1. The highest BCUT2D eigenvalue weighted by molar-refractivity contribution is 5.43.